The number of nitrogens with zero attached hydrogens (tertiary/aromatic N) is 2. The molecule has 0 bridgehead atoms. The molecule has 7 heteroatoms. The normalized spacial score (nSPS) is 11.5. The van der Waals surface area contributed by atoms with Crippen LogP contribution in [0.5, 0.6) is 17.4 Å². The van der Waals surface area contributed by atoms with E-state index in [-0.39, 0.29) is 11.3 Å². The maximum Gasteiger partial charge on any atom is 0.240 e. The van der Waals surface area contributed by atoms with Crippen molar-refractivity contribution in [1.29, 1.82) is 0 Å². The summed E-state index contributed by atoms with van der Waals surface area (Å²) in [4.78, 5) is 13.4. The van der Waals surface area contributed by atoms with Crippen molar-refractivity contribution in [3.8, 4) is 45.6 Å². The number of carbonyl (C=O) groups is 1. The molecule has 0 aliphatic carbocycles. The van der Waals surface area contributed by atoms with Gasteiger partial charge in [0.2, 0.25) is 5.88 Å². The van der Waals surface area contributed by atoms with Crippen molar-refractivity contribution in [3.63, 3.8) is 0 Å². The molecule has 0 radical (unpaired) electrons. The number of rotatable bonds is 5. The molecular formula is C25H24N2O5. The molecule has 2 aromatic heterocycles. The van der Waals surface area contributed by atoms with Gasteiger partial charge >= 0.3 is 0 Å². The highest BCUT2D eigenvalue weighted by molar-refractivity contribution is 6.09. The molecule has 7 nitrogen and oxygen atoms in total. The molecule has 0 amide bonds. The van der Waals surface area contributed by atoms with Gasteiger partial charge in [-0.15, -0.1) is 0 Å². The van der Waals surface area contributed by atoms with E-state index in [0.717, 1.165) is 5.56 Å². The Labute approximate surface area is 185 Å². The van der Waals surface area contributed by atoms with Crippen molar-refractivity contribution in [2.45, 2.75) is 20.8 Å². The van der Waals surface area contributed by atoms with Gasteiger partial charge < -0.3 is 19.5 Å². The number of ether oxygens (including phenoxy) is 1. The molecule has 164 valence electrons. The van der Waals surface area contributed by atoms with Crippen LogP contribution in [0.15, 0.2) is 65.4 Å². The topological polar surface area (TPSA) is 97.7 Å². The van der Waals surface area contributed by atoms with Crippen molar-refractivity contribution >= 4 is 5.78 Å². The molecule has 4 rings (SSSR count). The largest absolute Gasteiger partial charge is 0.503 e. The van der Waals surface area contributed by atoms with E-state index in [1.165, 1.54) is 17.9 Å². The van der Waals surface area contributed by atoms with E-state index in [1.807, 2.05) is 12.1 Å². The molecular weight excluding hydrogens is 408 g/mol. The Hall–Kier alpha value is -4.00. The number of hydrogen-bond acceptors (Lipinski definition) is 6. The number of hydrogen-bond donors (Lipinski definition) is 2. The van der Waals surface area contributed by atoms with E-state index in [1.54, 1.807) is 63.2 Å². The van der Waals surface area contributed by atoms with Gasteiger partial charge in [-0.25, -0.2) is 0 Å². The fraction of sp³-hybridized carbons (Fsp3) is 0.200. The Balaban J connectivity index is 2.06. The van der Waals surface area contributed by atoms with Crippen LogP contribution < -0.4 is 4.74 Å². The molecule has 0 unspecified atom stereocenters. The van der Waals surface area contributed by atoms with Crippen LogP contribution in [0.4, 0.5) is 0 Å². The standard InChI is InChI=1S/C25H24N2O5/c1-25(2,3)23(29)20-21(17-10-5-6-11-19(17)31-4)27(24(30)22(20)28)16-9-7-8-15(14-16)18-12-13-32-26-18/h5-14,28,30H,1-4H3. The van der Waals surface area contributed by atoms with E-state index in [0.29, 0.717) is 28.4 Å². The zero-order chi connectivity index (χ0) is 23.0. The summed E-state index contributed by atoms with van der Waals surface area (Å²) in [5.41, 5.74) is 2.04. The summed E-state index contributed by atoms with van der Waals surface area (Å²) < 4.78 is 11.9. The highest BCUT2D eigenvalue weighted by Gasteiger charge is 2.35. The van der Waals surface area contributed by atoms with E-state index < -0.39 is 17.0 Å². The second-order valence-corrected chi connectivity index (χ2v) is 8.45. The lowest BCUT2D eigenvalue weighted by atomic mass is 9.85. The maximum atomic E-state index is 13.4. The third-order valence-corrected chi connectivity index (χ3v) is 5.23. The van der Waals surface area contributed by atoms with Crippen LogP contribution in [0, 0.1) is 5.41 Å². The third-order valence-electron chi connectivity index (χ3n) is 5.23. The van der Waals surface area contributed by atoms with E-state index in [9.17, 15) is 15.0 Å². The number of carbonyl (C=O) groups excluding carboxylic acids is 1. The SMILES string of the molecule is COc1ccccc1-c1c(C(=O)C(C)(C)C)c(O)c(O)n1-c1cccc(-c2ccon2)c1. The van der Waals surface area contributed by atoms with Gasteiger partial charge in [0.1, 0.15) is 17.7 Å². The van der Waals surface area contributed by atoms with Crippen LogP contribution in [-0.2, 0) is 0 Å². The summed E-state index contributed by atoms with van der Waals surface area (Å²) in [5, 5.41) is 25.9. The van der Waals surface area contributed by atoms with E-state index in [4.69, 9.17) is 9.26 Å². The minimum atomic E-state index is -0.796. The first-order valence-electron chi connectivity index (χ1n) is 10.1. The molecule has 0 aliphatic heterocycles. The Morgan fingerprint density at radius 3 is 2.47 bits per heavy atom. The van der Waals surface area contributed by atoms with Crippen LogP contribution in [0.25, 0.3) is 28.2 Å². The van der Waals surface area contributed by atoms with Crippen LogP contribution in [0.3, 0.4) is 0 Å². The summed E-state index contributed by atoms with van der Waals surface area (Å²) in [6.07, 6.45) is 1.47. The first-order chi connectivity index (χ1) is 15.2. The van der Waals surface area contributed by atoms with Gasteiger partial charge in [0.05, 0.1) is 18.4 Å². The van der Waals surface area contributed by atoms with Gasteiger partial charge in [-0.3, -0.25) is 9.36 Å². The lowest BCUT2D eigenvalue weighted by molar-refractivity contribution is 0.0856. The van der Waals surface area contributed by atoms with Crippen LogP contribution >= 0.6 is 0 Å². The summed E-state index contributed by atoms with van der Waals surface area (Å²) in [6.45, 7) is 5.29. The summed E-state index contributed by atoms with van der Waals surface area (Å²) >= 11 is 0. The molecule has 0 aliphatic rings. The Morgan fingerprint density at radius 2 is 1.81 bits per heavy atom. The highest BCUT2D eigenvalue weighted by Crippen LogP contribution is 2.47. The number of aromatic nitrogens is 2. The molecule has 4 aromatic rings. The van der Waals surface area contributed by atoms with Gasteiger partial charge in [-0.05, 0) is 24.3 Å². The third kappa shape index (κ3) is 3.51. The summed E-state index contributed by atoms with van der Waals surface area (Å²) in [6, 6.07) is 16.1. The zero-order valence-corrected chi connectivity index (χ0v) is 18.3. The second-order valence-electron chi connectivity index (χ2n) is 8.45. The zero-order valence-electron chi connectivity index (χ0n) is 18.3. The van der Waals surface area contributed by atoms with Crippen molar-refractivity contribution in [2.75, 3.05) is 7.11 Å². The van der Waals surface area contributed by atoms with Gasteiger partial charge in [-0.1, -0.05) is 50.2 Å². The highest BCUT2D eigenvalue weighted by atomic mass is 16.5. The average Bonchev–Trinajstić information content (AvgIpc) is 3.40. The van der Waals surface area contributed by atoms with Gasteiger partial charge in [0, 0.05) is 28.3 Å². The smallest absolute Gasteiger partial charge is 0.240 e. The Morgan fingerprint density at radius 1 is 1.06 bits per heavy atom. The Bertz CT molecular complexity index is 1280. The fourth-order valence-electron chi connectivity index (χ4n) is 3.65. The van der Waals surface area contributed by atoms with Gasteiger partial charge in [-0.2, -0.15) is 0 Å². The molecule has 0 spiro atoms. The minimum absolute atomic E-state index is 0.0336. The van der Waals surface area contributed by atoms with Crippen LogP contribution in [0.2, 0.25) is 0 Å². The number of benzene rings is 2. The van der Waals surface area contributed by atoms with Crippen molar-refractivity contribution < 1.29 is 24.3 Å². The summed E-state index contributed by atoms with van der Waals surface area (Å²) in [5.74, 6) is -0.715. The first kappa shape index (κ1) is 21.2. The molecule has 0 saturated carbocycles. The van der Waals surface area contributed by atoms with Gasteiger partial charge in [0.25, 0.3) is 0 Å². The fourth-order valence-corrected chi connectivity index (χ4v) is 3.65. The maximum absolute atomic E-state index is 13.4. The average molecular weight is 432 g/mol. The van der Waals surface area contributed by atoms with Crippen LogP contribution in [0.1, 0.15) is 31.1 Å². The first-order valence-corrected chi connectivity index (χ1v) is 10.1. The number of Topliss-reactive ketones (excluding diaryl/α,β-unsaturated/α-hetero) is 1. The Kier molecular flexibility index (Phi) is 5.26. The second kappa shape index (κ2) is 7.92. The van der Waals surface area contributed by atoms with E-state index in [2.05, 4.69) is 5.16 Å². The van der Waals surface area contributed by atoms with Crippen molar-refractivity contribution in [1.82, 2.24) is 9.72 Å². The number of para-hydroxylation sites is 1. The van der Waals surface area contributed by atoms with Gasteiger partial charge in [0.15, 0.2) is 11.5 Å². The monoisotopic (exact) mass is 432 g/mol. The lowest BCUT2D eigenvalue weighted by Gasteiger charge is -2.19. The molecule has 0 atom stereocenters. The molecule has 2 N–H and O–H groups in total. The van der Waals surface area contributed by atoms with Crippen LogP contribution in [-0.4, -0.2) is 32.8 Å². The predicted molar refractivity (Wildman–Crippen MR) is 120 cm³/mol. The number of aromatic hydroxyl groups is 2. The van der Waals surface area contributed by atoms with E-state index >= 15 is 0 Å². The van der Waals surface area contributed by atoms with Crippen molar-refractivity contribution in [2.24, 2.45) is 5.41 Å². The molecule has 32 heavy (non-hydrogen) atoms. The number of methoxy groups -OCH3 is 1. The lowest BCUT2D eigenvalue weighted by Crippen LogP contribution is -2.21. The van der Waals surface area contributed by atoms with Crippen molar-refractivity contribution in [3.05, 3.63) is 66.4 Å². The molecule has 2 heterocycles. The predicted octanol–water partition coefficient (Wildman–Crippen LogP) is 5.45. The quantitative estimate of drug-likeness (QED) is 0.407. The summed E-state index contributed by atoms with van der Waals surface area (Å²) in [7, 11) is 1.53. The number of ketones is 1. The molecule has 0 fully saturated rings. The minimum Gasteiger partial charge on any atom is -0.503 e. The molecule has 0 saturated heterocycles. The molecule has 2 aromatic carbocycles.